The van der Waals surface area contributed by atoms with Crippen LogP contribution in [0.3, 0.4) is 0 Å². The molecular formula is C32H44N6O. The van der Waals surface area contributed by atoms with Crippen LogP contribution in [0.5, 0.6) is 5.75 Å². The number of hydrogen-bond donors (Lipinski definition) is 2. The number of fused-ring (bicyclic) bond motifs is 1. The van der Waals surface area contributed by atoms with Crippen LogP contribution in [0.4, 0.5) is 17.3 Å². The molecule has 2 aliphatic heterocycles. The van der Waals surface area contributed by atoms with Crippen molar-refractivity contribution in [2.75, 3.05) is 50.1 Å². The summed E-state index contributed by atoms with van der Waals surface area (Å²) in [6.45, 7) is 5.79. The van der Waals surface area contributed by atoms with Gasteiger partial charge < -0.3 is 25.6 Å². The van der Waals surface area contributed by atoms with E-state index in [1.54, 1.807) is 7.11 Å². The Morgan fingerprint density at radius 2 is 1.77 bits per heavy atom. The third kappa shape index (κ3) is 6.15. The lowest BCUT2D eigenvalue weighted by atomic mass is 9.92. The van der Waals surface area contributed by atoms with Gasteiger partial charge >= 0.3 is 0 Å². The molecule has 208 valence electrons. The summed E-state index contributed by atoms with van der Waals surface area (Å²) < 4.78 is 5.75. The molecule has 1 saturated carbocycles. The zero-order valence-corrected chi connectivity index (χ0v) is 23.4. The highest BCUT2D eigenvalue weighted by Gasteiger charge is 2.25. The quantitative estimate of drug-likeness (QED) is 0.349. The molecule has 7 heteroatoms. The monoisotopic (exact) mass is 528 g/mol. The van der Waals surface area contributed by atoms with Gasteiger partial charge in [0.05, 0.1) is 12.6 Å². The van der Waals surface area contributed by atoms with Gasteiger partial charge in [-0.2, -0.15) is 0 Å². The number of rotatable bonds is 9. The van der Waals surface area contributed by atoms with Gasteiger partial charge in [-0.05, 0) is 106 Å². The largest absolute Gasteiger partial charge is 0.496 e. The van der Waals surface area contributed by atoms with E-state index in [4.69, 9.17) is 15.5 Å². The highest BCUT2D eigenvalue weighted by atomic mass is 16.5. The number of methoxy groups -OCH3 is 1. The van der Waals surface area contributed by atoms with E-state index in [2.05, 4.69) is 56.5 Å². The molecule has 0 spiro atoms. The van der Waals surface area contributed by atoms with Crippen LogP contribution in [0.2, 0.25) is 0 Å². The Hall–Kier alpha value is -2.90. The number of piperidine rings is 1. The first-order chi connectivity index (χ1) is 19.2. The summed E-state index contributed by atoms with van der Waals surface area (Å²) in [5.74, 6) is 2.96. The van der Waals surface area contributed by atoms with E-state index < -0.39 is 0 Å². The van der Waals surface area contributed by atoms with Gasteiger partial charge in [0.25, 0.3) is 0 Å². The number of anilines is 3. The predicted molar refractivity (Wildman–Crippen MR) is 160 cm³/mol. The third-order valence-corrected chi connectivity index (χ3v) is 9.23. The molecule has 0 radical (unpaired) electrons. The summed E-state index contributed by atoms with van der Waals surface area (Å²) in [6.07, 6.45) is 13.3. The number of hydrogen-bond acceptors (Lipinski definition) is 7. The number of likely N-dealkylation sites (tertiary alicyclic amines) is 1. The molecule has 7 nitrogen and oxygen atoms in total. The summed E-state index contributed by atoms with van der Waals surface area (Å²) in [5.41, 5.74) is 10.6. The van der Waals surface area contributed by atoms with Crippen molar-refractivity contribution in [2.45, 2.75) is 69.7 Å². The SMILES string of the molecule is COc1ccc2cnc(Nc3ccc(N4CCC(CCCN5CCC(N)C5)CC4)cc3)nc2c1C1CCCC1. The molecule has 3 N–H and O–H groups in total. The van der Waals surface area contributed by atoms with Crippen molar-refractivity contribution in [2.24, 2.45) is 11.7 Å². The third-order valence-electron chi connectivity index (χ3n) is 9.23. The molecule has 2 saturated heterocycles. The summed E-state index contributed by atoms with van der Waals surface area (Å²) >= 11 is 0. The maximum absolute atomic E-state index is 6.05. The van der Waals surface area contributed by atoms with Crippen molar-refractivity contribution in [3.8, 4) is 5.75 Å². The van der Waals surface area contributed by atoms with E-state index in [9.17, 15) is 0 Å². The smallest absolute Gasteiger partial charge is 0.227 e. The molecule has 0 amide bonds. The summed E-state index contributed by atoms with van der Waals surface area (Å²) in [6, 6.07) is 13.3. The fourth-order valence-electron chi connectivity index (χ4n) is 6.98. The summed E-state index contributed by atoms with van der Waals surface area (Å²) in [4.78, 5) is 14.7. The van der Waals surface area contributed by atoms with Gasteiger partial charge in [0.15, 0.2) is 0 Å². The zero-order valence-electron chi connectivity index (χ0n) is 23.4. The molecule has 1 aliphatic carbocycles. The summed E-state index contributed by atoms with van der Waals surface area (Å²) in [5, 5.41) is 4.52. The number of benzene rings is 2. The van der Waals surface area contributed by atoms with E-state index >= 15 is 0 Å². The number of aromatic nitrogens is 2. The van der Waals surface area contributed by atoms with E-state index in [0.717, 1.165) is 47.9 Å². The fraction of sp³-hybridized carbons (Fsp3) is 0.562. The second-order valence-electron chi connectivity index (χ2n) is 11.9. The topological polar surface area (TPSA) is 79.5 Å². The zero-order chi connectivity index (χ0) is 26.6. The predicted octanol–water partition coefficient (Wildman–Crippen LogP) is 6.07. The molecule has 1 unspecified atom stereocenters. The van der Waals surface area contributed by atoms with Crippen LogP contribution in [0.1, 0.15) is 69.3 Å². The van der Waals surface area contributed by atoms with Crippen LogP contribution >= 0.6 is 0 Å². The van der Waals surface area contributed by atoms with Crippen molar-refractivity contribution in [3.63, 3.8) is 0 Å². The lowest BCUT2D eigenvalue weighted by Crippen LogP contribution is -2.34. The van der Waals surface area contributed by atoms with Crippen LogP contribution in [-0.4, -0.2) is 60.7 Å². The first kappa shape index (κ1) is 26.3. The van der Waals surface area contributed by atoms with Crippen LogP contribution in [0.25, 0.3) is 10.9 Å². The van der Waals surface area contributed by atoms with Crippen molar-refractivity contribution < 1.29 is 4.74 Å². The molecule has 39 heavy (non-hydrogen) atoms. The van der Waals surface area contributed by atoms with Gasteiger partial charge in [0.2, 0.25) is 5.95 Å². The molecule has 3 aromatic rings. The van der Waals surface area contributed by atoms with Crippen LogP contribution in [-0.2, 0) is 0 Å². The Labute approximate surface area is 233 Å². The fourth-order valence-corrected chi connectivity index (χ4v) is 6.98. The normalized spacial score (nSPS) is 21.2. The van der Waals surface area contributed by atoms with Crippen LogP contribution < -0.4 is 20.7 Å². The molecule has 3 heterocycles. The van der Waals surface area contributed by atoms with Crippen molar-refractivity contribution in [3.05, 3.63) is 48.2 Å². The van der Waals surface area contributed by atoms with Crippen molar-refractivity contribution in [1.29, 1.82) is 0 Å². The average Bonchev–Trinajstić information content (AvgIpc) is 3.65. The van der Waals surface area contributed by atoms with Gasteiger partial charge in [-0.25, -0.2) is 9.97 Å². The van der Waals surface area contributed by atoms with Crippen LogP contribution in [0, 0.1) is 5.92 Å². The van der Waals surface area contributed by atoms with Gasteiger partial charge in [-0.3, -0.25) is 0 Å². The van der Waals surface area contributed by atoms with Gasteiger partial charge in [0.1, 0.15) is 5.75 Å². The number of ether oxygens (including phenoxy) is 1. The first-order valence-electron chi connectivity index (χ1n) is 15.1. The van der Waals surface area contributed by atoms with Crippen molar-refractivity contribution in [1.82, 2.24) is 14.9 Å². The van der Waals surface area contributed by atoms with E-state index in [-0.39, 0.29) is 0 Å². The van der Waals surface area contributed by atoms with Gasteiger partial charge in [-0.1, -0.05) is 12.8 Å². The number of nitrogens with two attached hydrogens (primary N) is 1. The molecule has 6 rings (SSSR count). The van der Waals surface area contributed by atoms with E-state index in [0.29, 0.717) is 17.9 Å². The first-order valence-corrected chi connectivity index (χ1v) is 15.1. The van der Waals surface area contributed by atoms with E-state index in [1.807, 2.05) is 6.20 Å². The molecule has 3 aliphatic rings. The average molecular weight is 529 g/mol. The maximum atomic E-state index is 6.05. The van der Waals surface area contributed by atoms with Crippen molar-refractivity contribution >= 4 is 28.2 Å². The summed E-state index contributed by atoms with van der Waals surface area (Å²) in [7, 11) is 1.76. The number of nitrogens with one attached hydrogen (secondary N) is 1. The van der Waals surface area contributed by atoms with Gasteiger partial charge in [-0.15, -0.1) is 0 Å². The lowest BCUT2D eigenvalue weighted by Gasteiger charge is -2.34. The number of nitrogens with zero attached hydrogens (tertiary/aromatic N) is 4. The molecule has 3 fully saturated rings. The van der Waals surface area contributed by atoms with E-state index in [1.165, 1.54) is 82.1 Å². The Morgan fingerprint density at radius 3 is 2.49 bits per heavy atom. The standard InChI is InChI=1S/C32H44N6O/c1-39-29-13-8-25-21-34-32(36-31(25)30(29)24-6-2-3-7-24)35-27-9-11-28(12-10-27)38-19-14-23(15-20-38)5-4-17-37-18-16-26(33)22-37/h8-13,21,23-24,26H,2-7,14-20,22,33H2,1H3,(H,34,35,36). The Balaban J connectivity index is 1.05. The van der Waals surface area contributed by atoms with Gasteiger partial charge in [0, 0.05) is 54.2 Å². The Bertz CT molecular complexity index is 1230. The minimum Gasteiger partial charge on any atom is -0.496 e. The highest BCUT2D eigenvalue weighted by Crippen LogP contribution is 2.42. The minimum absolute atomic E-state index is 0.397. The molecular weight excluding hydrogens is 484 g/mol. The Morgan fingerprint density at radius 1 is 0.974 bits per heavy atom. The minimum atomic E-state index is 0.397. The maximum Gasteiger partial charge on any atom is 0.227 e. The molecule has 2 aromatic carbocycles. The molecule has 0 bridgehead atoms. The Kier molecular flexibility index (Phi) is 8.16. The highest BCUT2D eigenvalue weighted by molar-refractivity contribution is 5.85. The second kappa shape index (κ2) is 12.1. The molecule has 1 aromatic heterocycles. The van der Waals surface area contributed by atoms with Crippen LogP contribution in [0.15, 0.2) is 42.6 Å². The second-order valence-corrected chi connectivity index (χ2v) is 11.9. The lowest BCUT2D eigenvalue weighted by molar-refractivity contribution is 0.297. The molecule has 1 atom stereocenters.